The van der Waals surface area contributed by atoms with Gasteiger partial charge in [-0.2, -0.15) is 5.10 Å². The fraction of sp³-hybridized carbons (Fsp3) is 0.188. The molecule has 0 radical (unpaired) electrons. The van der Waals surface area contributed by atoms with Crippen molar-refractivity contribution < 1.29 is 9.90 Å². The van der Waals surface area contributed by atoms with Crippen molar-refractivity contribution in [2.75, 3.05) is 0 Å². The lowest BCUT2D eigenvalue weighted by molar-refractivity contribution is 0.0688. The molecule has 2 N–H and O–H groups in total. The molecule has 3 rings (SSSR count). The summed E-state index contributed by atoms with van der Waals surface area (Å²) in [6.45, 7) is 3.65. The van der Waals surface area contributed by atoms with Crippen molar-refractivity contribution in [3.63, 3.8) is 0 Å². The zero-order chi connectivity index (χ0) is 16.7. The highest BCUT2D eigenvalue weighted by molar-refractivity contribution is 6.30. The molecule has 0 aliphatic rings. The molecule has 0 amide bonds. The zero-order valence-corrected chi connectivity index (χ0v) is 13.3. The van der Waals surface area contributed by atoms with Gasteiger partial charge in [0, 0.05) is 16.1 Å². The highest BCUT2D eigenvalue weighted by Gasteiger charge is 2.23. The summed E-state index contributed by atoms with van der Waals surface area (Å²) >= 11 is 5.97. The number of rotatable bonds is 3. The first-order valence-corrected chi connectivity index (χ1v) is 7.41. The van der Waals surface area contributed by atoms with E-state index in [1.54, 1.807) is 30.5 Å². The highest BCUT2D eigenvalue weighted by atomic mass is 35.5. The fourth-order valence-corrected chi connectivity index (χ4v) is 2.80. The van der Waals surface area contributed by atoms with Crippen molar-refractivity contribution in [2.45, 2.75) is 19.8 Å². The number of benzene rings is 1. The largest absolute Gasteiger partial charge is 0.476 e. The Morgan fingerprint density at radius 3 is 2.74 bits per heavy atom. The van der Waals surface area contributed by atoms with Crippen LogP contribution in [0.5, 0.6) is 0 Å². The summed E-state index contributed by atoms with van der Waals surface area (Å²) in [5.41, 5.74) is 1.43. The van der Waals surface area contributed by atoms with Crippen LogP contribution in [0.1, 0.15) is 35.8 Å². The van der Waals surface area contributed by atoms with E-state index in [9.17, 15) is 14.7 Å². The quantitative estimate of drug-likeness (QED) is 0.771. The third kappa shape index (κ3) is 2.61. The van der Waals surface area contributed by atoms with Crippen LogP contribution in [-0.2, 0) is 0 Å². The van der Waals surface area contributed by atoms with Crippen LogP contribution in [0.3, 0.4) is 0 Å². The lowest BCUT2D eigenvalue weighted by Crippen LogP contribution is -2.12. The summed E-state index contributed by atoms with van der Waals surface area (Å²) in [6, 6.07) is 7.01. The Morgan fingerprint density at radius 2 is 2.13 bits per heavy atom. The first-order valence-electron chi connectivity index (χ1n) is 7.03. The Hall–Kier alpha value is -2.60. The van der Waals surface area contributed by atoms with Gasteiger partial charge in [0.05, 0.1) is 11.9 Å². The third-order valence-electron chi connectivity index (χ3n) is 3.58. The number of fused-ring (bicyclic) bond motifs is 1. The summed E-state index contributed by atoms with van der Waals surface area (Å²) in [4.78, 5) is 26.7. The number of carbonyl (C=O) groups is 1. The number of carboxylic acids is 1. The number of H-pyrrole nitrogens is 1. The van der Waals surface area contributed by atoms with Gasteiger partial charge in [-0.3, -0.25) is 4.79 Å². The molecule has 0 unspecified atom stereocenters. The van der Waals surface area contributed by atoms with E-state index in [0.29, 0.717) is 16.3 Å². The molecule has 118 valence electrons. The average molecular weight is 332 g/mol. The maximum atomic E-state index is 12.5. The monoisotopic (exact) mass is 331 g/mol. The molecule has 6 nitrogen and oxygen atoms in total. The molecule has 0 bridgehead atoms. The number of hydrogen-bond donors (Lipinski definition) is 2. The predicted octanol–water partition coefficient (Wildman–Crippen LogP) is 3.16. The van der Waals surface area contributed by atoms with Gasteiger partial charge in [-0.1, -0.05) is 37.6 Å². The van der Waals surface area contributed by atoms with Crippen LogP contribution in [0, 0.1) is 0 Å². The number of aromatic carboxylic acids is 1. The number of hydrogen-bond acceptors (Lipinski definition) is 3. The Kier molecular flexibility index (Phi) is 3.69. The normalized spacial score (nSPS) is 11.3. The maximum absolute atomic E-state index is 12.5. The van der Waals surface area contributed by atoms with E-state index in [0.717, 1.165) is 5.56 Å². The Labute approximate surface area is 136 Å². The van der Waals surface area contributed by atoms with Crippen molar-refractivity contribution in [3.05, 3.63) is 57.1 Å². The van der Waals surface area contributed by atoms with Crippen molar-refractivity contribution in [1.82, 2.24) is 14.6 Å². The number of halogens is 1. The van der Waals surface area contributed by atoms with Crippen LogP contribution in [0.25, 0.3) is 16.8 Å². The SMILES string of the molecule is CC(C)c1c(C(=O)O)nn2cc(-c3cccc(Cl)c3)[nH]c(=O)c12. The number of aromatic amines is 1. The van der Waals surface area contributed by atoms with Crippen molar-refractivity contribution in [3.8, 4) is 11.3 Å². The molecule has 2 heterocycles. The van der Waals surface area contributed by atoms with E-state index < -0.39 is 5.97 Å². The lowest BCUT2D eigenvalue weighted by atomic mass is 10.0. The number of nitrogens with one attached hydrogen (secondary N) is 1. The van der Waals surface area contributed by atoms with Crippen LogP contribution in [0.4, 0.5) is 0 Å². The molecule has 0 spiro atoms. The second-order valence-corrected chi connectivity index (χ2v) is 5.96. The van der Waals surface area contributed by atoms with Crippen LogP contribution in [0.2, 0.25) is 5.02 Å². The molecule has 2 aromatic heterocycles. The van der Waals surface area contributed by atoms with Crippen LogP contribution in [-0.4, -0.2) is 25.7 Å². The van der Waals surface area contributed by atoms with Crippen molar-refractivity contribution in [1.29, 1.82) is 0 Å². The summed E-state index contributed by atoms with van der Waals surface area (Å²) in [5.74, 6) is -1.29. The van der Waals surface area contributed by atoms with E-state index in [1.807, 2.05) is 13.8 Å². The first kappa shape index (κ1) is 15.3. The smallest absolute Gasteiger partial charge is 0.356 e. The number of aromatic nitrogens is 3. The molecule has 3 aromatic rings. The average Bonchev–Trinajstić information content (AvgIpc) is 2.87. The second-order valence-electron chi connectivity index (χ2n) is 5.52. The van der Waals surface area contributed by atoms with Crippen LogP contribution >= 0.6 is 11.6 Å². The number of carboxylic acid groups (broad SMARTS) is 1. The predicted molar refractivity (Wildman–Crippen MR) is 87.3 cm³/mol. The zero-order valence-electron chi connectivity index (χ0n) is 12.5. The summed E-state index contributed by atoms with van der Waals surface area (Å²) in [6.07, 6.45) is 1.60. The summed E-state index contributed by atoms with van der Waals surface area (Å²) < 4.78 is 1.33. The molecule has 0 saturated carbocycles. The fourth-order valence-electron chi connectivity index (χ4n) is 2.61. The van der Waals surface area contributed by atoms with E-state index in [-0.39, 0.29) is 22.7 Å². The van der Waals surface area contributed by atoms with Gasteiger partial charge in [-0.15, -0.1) is 0 Å². The van der Waals surface area contributed by atoms with Gasteiger partial charge in [0.15, 0.2) is 5.69 Å². The molecular weight excluding hydrogens is 318 g/mol. The van der Waals surface area contributed by atoms with E-state index >= 15 is 0 Å². The van der Waals surface area contributed by atoms with Gasteiger partial charge in [0.2, 0.25) is 0 Å². The maximum Gasteiger partial charge on any atom is 0.356 e. The van der Waals surface area contributed by atoms with Crippen LogP contribution in [0.15, 0.2) is 35.3 Å². The Balaban J connectivity index is 2.32. The van der Waals surface area contributed by atoms with Gasteiger partial charge in [-0.05, 0) is 18.1 Å². The van der Waals surface area contributed by atoms with Crippen molar-refractivity contribution >= 4 is 23.1 Å². The third-order valence-corrected chi connectivity index (χ3v) is 3.81. The minimum Gasteiger partial charge on any atom is -0.476 e. The van der Waals surface area contributed by atoms with E-state index in [2.05, 4.69) is 10.1 Å². The lowest BCUT2D eigenvalue weighted by Gasteiger charge is -2.05. The molecule has 1 aromatic carbocycles. The molecule has 7 heteroatoms. The minimum atomic E-state index is -1.15. The standard InChI is InChI=1S/C16H14ClN3O3/c1-8(2)12-13(16(22)23)19-20-7-11(18-15(21)14(12)20)9-4-3-5-10(17)6-9/h3-8H,1-2H3,(H,18,21)(H,22,23). The van der Waals surface area contributed by atoms with E-state index in [1.165, 1.54) is 4.52 Å². The molecule has 23 heavy (non-hydrogen) atoms. The van der Waals surface area contributed by atoms with Gasteiger partial charge in [0.1, 0.15) is 5.52 Å². The molecule has 0 aliphatic heterocycles. The molecule has 0 atom stereocenters. The Morgan fingerprint density at radius 1 is 1.39 bits per heavy atom. The number of nitrogens with zero attached hydrogens (tertiary/aromatic N) is 2. The van der Waals surface area contributed by atoms with Gasteiger partial charge in [-0.25, -0.2) is 9.31 Å². The second kappa shape index (κ2) is 5.55. The minimum absolute atomic E-state index is 0.103. The van der Waals surface area contributed by atoms with E-state index in [4.69, 9.17) is 11.6 Å². The first-order chi connectivity index (χ1) is 10.9. The molecule has 0 fully saturated rings. The topological polar surface area (TPSA) is 87.5 Å². The summed E-state index contributed by atoms with van der Waals surface area (Å²) in [7, 11) is 0. The van der Waals surface area contributed by atoms with Gasteiger partial charge >= 0.3 is 5.97 Å². The molecule has 0 aliphatic carbocycles. The molecular formula is C16H14ClN3O3. The molecule has 0 saturated heterocycles. The van der Waals surface area contributed by atoms with Gasteiger partial charge in [0.25, 0.3) is 5.56 Å². The highest BCUT2D eigenvalue weighted by Crippen LogP contribution is 2.25. The van der Waals surface area contributed by atoms with Crippen molar-refractivity contribution in [2.24, 2.45) is 0 Å². The summed E-state index contributed by atoms with van der Waals surface area (Å²) in [5, 5.41) is 13.9. The van der Waals surface area contributed by atoms with Crippen LogP contribution < -0.4 is 5.56 Å². The van der Waals surface area contributed by atoms with Gasteiger partial charge < -0.3 is 10.1 Å². The Bertz CT molecular complexity index is 972.